The van der Waals surface area contributed by atoms with Crippen molar-refractivity contribution in [2.24, 2.45) is 0 Å². The van der Waals surface area contributed by atoms with Gasteiger partial charge in [0.1, 0.15) is 0 Å². The van der Waals surface area contributed by atoms with E-state index in [0.29, 0.717) is 12.0 Å². The second-order valence-corrected chi connectivity index (χ2v) is 4.33. The molecule has 1 aliphatic carbocycles. The van der Waals surface area contributed by atoms with E-state index in [1.165, 1.54) is 0 Å². The van der Waals surface area contributed by atoms with E-state index in [4.69, 9.17) is 5.73 Å². The molecule has 0 spiro atoms. The number of carbonyl (C=O) groups excluding carboxylic acids is 1. The number of carbonyl (C=O) groups is 1. The first kappa shape index (κ1) is 10.7. The Morgan fingerprint density at radius 1 is 1.11 bits per heavy atom. The van der Waals surface area contributed by atoms with Gasteiger partial charge in [0.25, 0.3) is 0 Å². The van der Waals surface area contributed by atoms with Crippen molar-refractivity contribution in [1.82, 2.24) is 4.98 Å². The zero-order valence-corrected chi connectivity index (χ0v) is 9.76. The summed E-state index contributed by atoms with van der Waals surface area (Å²) in [6, 6.07) is 11.2. The van der Waals surface area contributed by atoms with Crippen LogP contribution in [0.4, 0.5) is 5.69 Å². The molecule has 0 unspecified atom stereocenters. The van der Waals surface area contributed by atoms with Crippen LogP contribution < -0.4 is 5.73 Å². The molecular weight excluding hydrogens is 224 g/mol. The van der Waals surface area contributed by atoms with Crippen LogP contribution in [0.3, 0.4) is 0 Å². The normalized spacial score (nSPS) is 14.0. The first-order valence-electron chi connectivity index (χ1n) is 5.79. The monoisotopic (exact) mass is 236 g/mol. The standard InChI is InChI=1S/C15H12N2O/c16-12-5-3-10(4-6-12)11-8-14-13(15(18)9-11)2-1-7-17-14/h1-7,9H,8,16H2. The predicted octanol–water partition coefficient (Wildman–Crippen LogP) is 2.49. The molecule has 0 radical (unpaired) electrons. The van der Waals surface area contributed by atoms with Crippen molar-refractivity contribution in [3.05, 3.63) is 65.5 Å². The van der Waals surface area contributed by atoms with E-state index in [-0.39, 0.29) is 5.78 Å². The second kappa shape index (κ2) is 4.11. The Bertz CT molecular complexity index is 642. The van der Waals surface area contributed by atoms with Gasteiger partial charge in [-0.2, -0.15) is 0 Å². The molecule has 3 nitrogen and oxygen atoms in total. The fraction of sp³-hybridized carbons (Fsp3) is 0.0667. The van der Waals surface area contributed by atoms with E-state index in [1.807, 2.05) is 30.3 Å². The van der Waals surface area contributed by atoms with Gasteiger partial charge in [0.15, 0.2) is 5.78 Å². The van der Waals surface area contributed by atoms with E-state index < -0.39 is 0 Å². The van der Waals surface area contributed by atoms with Crippen LogP contribution in [0.2, 0.25) is 0 Å². The number of pyridine rings is 1. The highest BCUT2D eigenvalue weighted by Crippen LogP contribution is 2.26. The minimum atomic E-state index is 0.0242. The van der Waals surface area contributed by atoms with Crippen LogP contribution in [0.25, 0.3) is 5.57 Å². The average molecular weight is 236 g/mol. The van der Waals surface area contributed by atoms with Crippen molar-refractivity contribution in [1.29, 1.82) is 0 Å². The lowest BCUT2D eigenvalue weighted by Crippen LogP contribution is -2.10. The number of rotatable bonds is 1. The number of anilines is 1. The summed E-state index contributed by atoms with van der Waals surface area (Å²) in [5.41, 5.74) is 9.95. The predicted molar refractivity (Wildman–Crippen MR) is 71.1 cm³/mol. The molecule has 1 aliphatic rings. The number of ketones is 1. The molecule has 0 saturated heterocycles. The zero-order chi connectivity index (χ0) is 12.5. The van der Waals surface area contributed by atoms with Crippen molar-refractivity contribution in [2.75, 3.05) is 5.73 Å². The van der Waals surface area contributed by atoms with Crippen LogP contribution in [0.15, 0.2) is 48.7 Å². The van der Waals surface area contributed by atoms with E-state index >= 15 is 0 Å². The van der Waals surface area contributed by atoms with E-state index in [9.17, 15) is 4.79 Å². The highest BCUT2D eigenvalue weighted by Gasteiger charge is 2.18. The summed E-state index contributed by atoms with van der Waals surface area (Å²) in [5, 5.41) is 0. The van der Waals surface area contributed by atoms with E-state index in [1.54, 1.807) is 18.3 Å². The summed E-state index contributed by atoms with van der Waals surface area (Å²) < 4.78 is 0. The Hall–Kier alpha value is -2.42. The molecule has 3 heteroatoms. The van der Waals surface area contributed by atoms with Gasteiger partial charge in [-0.15, -0.1) is 0 Å². The molecule has 0 fully saturated rings. The number of benzene rings is 1. The Balaban J connectivity index is 2.02. The number of allylic oxidation sites excluding steroid dienone is 2. The fourth-order valence-electron chi connectivity index (χ4n) is 2.15. The van der Waals surface area contributed by atoms with Gasteiger partial charge in [-0.1, -0.05) is 12.1 Å². The van der Waals surface area contributed by atoms with Gasteiger partial charge in [-0.3, -0.25) is 9.78 Å². The first-order chi connectivity index (χ1) is 8.74. The van der Waals surface area contributed by atoms with Crippen molar-refractivity contribution >= 4 is 17.0 Å². The number of nitrogen functional groups attached to an aromatic ring is 1. The lowest BCUT2D eigenvalue weighted by Gasteiger charge is -2.15. The van der Waals surface area contributed by atoms with Crippen LogP contribution in [0, 0.1) is 0 Å². The van der Waals surface area contributed by atoms with Crippen LogP contribution in [-0.2, 0) is 6.42 Å². The number of nitrogens with two attached hydrogens (primary N) is 1. The van der Waals surface area contributed by atoms with Crippen molar-refractivity contribution in [2.45, 2.75) is 6.42 Å². The molecule has 1 aromatic heterocycles. The van der Waals surface area contributed by atoms with Gasteiger partial charge in [-0.25, -0.2) is 0 Å². The Morgan fingerprint density at radius 3 is 2.67 bits per heavy atom. The topological polar surface area (TPSA) is 56.0 Å². The maximum Gasteiger partial charge on any atom is 0.187 e. The third-order valence-electron chi connectivity index (χ3n) is 3.10. The molecule has 0 bridgehead atoms. The zero-order valence-electron chi connectivity index (χ0n) is 9.76. The van der Waals surface area contributed by atoms with Crippen molar-refractivity contribution in [3.63, 3.8) is 0 Å². The summed E-state index contributed by atoms with van der Waals surface area (Å²) in [6.07, 6.45) is 4.10. The van der Waals surface area contributed by atoms with Gasteiger partial charge in [0.2, 0.25) is 0 Å². The number of aromatic nitrogens is 1. The van der Waals surface area contributed by atoms with E-state index in [0.717, 1.165) is 22.5 Å². The fourth-order valence-corrected chi connectivity index (χ4v) is 2.15. The number of hydrogen-bond acceptors (Lipinski definition) is 3. The summed E-state index contributed by atoms with van der Waals surface area (Å²) in [7, 11) is 0. The third kappa shape index (κ3) is 1.80. The smallest absolute Gasteiger partial charge is 0.187 e. The molecule has 1 aromatic carbocycles. The van der Waals surface area contributed by atoms with Crippen LogP contribution in [0.1, 0.15) is 21.6 Å². The molecule has 2 aromatic rings. The van der Waals surface area contributed by atoms with Gasteiger partial charge in [0, 0.05) is 23.9 Å². The largest absolute Gasteiger partial charge is 0.399 e. The minimum Gasteiger partial charge on any atom is -0.399 e. The maximum atomic E-state index is 12.0. The minimum absolute atomic E-state index is 0.0242. The lowest BCUT2D eigenvalue weighted by atomic mass is 9.90. The Kier molecular flexibility index (Phi) is 2.45. The van der Waals surface area contributed by atoms with Crippen LogP contribution in [0.5, 0.6) is 0 Å². The van der Waals surface area contributed by atoms with Gasteiger partial charge in [-0.05, 0) is 41.5 Å². The quantitative estimate of drug-likeness (QED) is 0.774. The molecule has 0 saturated carbocycles. The lowest BCUT2D eigenvalue weighted by molar-refractivity contribution is 0.104. The summed E-state index contributed by atoms with van der Waals surface area (Å²) in [5.74, 6) is 0.0242. The first-order valence-corrected chi connectivity index (χ1v) is 5.79. The molecule has 3 rings (SSSR count). The third-order valence-corrected chi connectivity index (χ3v) is 3.10. The summed E-state index contributed by atoms with van der Waals surface area (Å²) in [4.78, 5) is 16.3. The number of fused-ring (bicyclic) bond motifs is 1. The highest BCUT2D eigenvalue weighted by atomic mass is 16.1. The van der Waals surface area contributed by atoms with Crippen LogP contribution >= 0.6 is 0 Å². The molecule has 0 aliphatic heterocycles. The van der Waals surface area contributed by atoms with Crippen molar-refractivity contribution in [3.8, 4) is 0 Å². The van der Waals surface area contributed by atoms with Crippen molar-refractivity contribution < 1.29 is 4.79 Å². The molecule has 18 heavy (non-hydrogen) atoms. The Labute approximate surface area is 105 Å². The molecule has 0 atom stereocenters. The molecule has 1 heterocycles. The van der Waals surface area contributed by atoms with Crippen LogP contribution in [-0.4, -0.2) is 10.8 Å². The Morgan fingerprint density at radius 2 is 1.89 bits per heavy atom. The van der Waals surface area contributed by atoms with Gasteiger partial charge < -0.3 is 5.73 Å². The molecule has 2 N–H and O–H groups in total. The molecular formula is C15H12N2O. The van der Waals surface area contributed by atoms with Gasteiger partial charge >= 0.3 is 0 Å². The van der Waals surface area contributed by atoms with E-state index in [2.05, 4.69) is 4.98 Å². The number of hydrogen-bond donors (Lipinski definition) is 1. The average Bonchev–Trinajstić information content (AvgIpc) is 2.39. The SMILES string of the molecule is Nc1ccc(C2=CC(=O)c3cccnc3C2)cc1. The summed E-state index contributed by atoms with van der Waals surface area (Å²) in [6.45, 7) is 0. The molecule has 88 valence electrons. The van der Waals surface area contributed by atoms with Gasteiger partial charge in [0.05, 0.1) is 5.69 Å². The number of nitrogens with zero attached hydrogens (tertiary/aromatic N) is 1. The maximum absolute atomic E-state index is 12.0. The summed E-state index contributed by atoms with van der Waals surface area (Å²) >= 11 is 0. The second-order valence-electron chi connectivity index (χ2n) is 4.33. The molecule has 0 amide bonds. The highest BCUT2D eigenvalue weighted by molar-refractivity contribution is 6.11.